The number of amides is 1. The molecule has 114 valence electrons. The average molecular weight is 359 g/mol. The first-order valence-electron chi connectivity index (χ1n) is 6.03. The van der Waals surface area contributed by atoms with Crippen LogP contribution in [0.3, 0.4) is 0 Å². The number of carbonyl (C=O) groups is 1. The Morgan fingerprint density at radius 3 is 2.86 bits per heavy atom. The highest BCUT2D eigenvalue weighted by Gasteiger charge is 2.23. The van der Waals surface area contributed by atoms with Crippen molar-refractivity contribution in [1.29, 1.82) is 0 Å². The first-order chi connectivity index (χ1) is 9.86. The van der Waals surface area contributed by atoms with Crippen LogP contribution in [0, 0.1) is 10.1 Å². The molecule has 0 saturated carbocycles. The highest BCUT2D eigenvalue weighted by molar-refractivity contribution is 9.10. The third-order valence-corrected chi connectivity index (χ3v) is 2.96. The van der Waals surface area contributed by atoms with Crippen molar-refractivity contribution in [1.82, 2.24) is 5.32 Å². The summed E-state index contributed by atoms with van der Waals surface area (Å²) >= 11 is 3.14. The van der Waals surface area contributed by atoms with E-state index in [0.29, 0.717) is 4.47 Å². The van der Waals surface area contributed by atoms with E-state index >= 15 is 0 Å². The summed E-state index contributed by atoms with van der Waals surface area (Å²) in [6.07, 6.45) is 0.522. The quantitative estimate of drug-likeness (QED) is 0.441. The number of benzene rings is 1. The fourth-order valence-corrected chi connectivity index (χ4v) is 2.04. The van der Waals surface area contributed by atoms with Crippen molar-refractivity contribution < 1.29 is 19.6 Å². The van der Waals surface area contributed by atoms with E-state index in [9.17, 15) is 20.0 Å². The fraction of sp³-hybridized carbons (Fsp3) is 0.308. The van der Waals surface area contributed by atoms with Gasteiger partial charge in [0.05, 0.1) is 11.0 Å². The van der Waals surface area contributed by atoms with Gasteiger partial charge in [-0.3, -0.25) is 14.9 Å². The van der Waals surface area contributed by atoms with E-state index in [0.717, 1.165) is 0 Å². The molecular weight excluding hydrogens is 344 g/mol. The Bertz CT molecular complexity index is 560. The molecule has 1 rings (SSSR count). The van der Waals surface area contributed by atoms with Crippen molar-refractivity contribution in [2.24, 2.45) is 0 Å². The lowest BCUT2D eigenvalue weighted by atomic mass is 10.1. The van der Waals surface area contributed by atoms with Crippen LogP contribution < -0.4 is 10.1 Å². The SMILES string of the molecule is C=CCNC(=O)COc1c(C(C)O)cc(Br)cc1[N+](=O)[O-]. The largest absolute Gasteiger partial charge is 0.476 e. The lowest BCUT2D eigenvalue weighted by Gasteiger charge is -2.14. The van der Waals surface area contributed by atoms with Crippen molar-refractivity contribution in [2.75, 3.05) is 13.2 Å². The summed E-state index contributed by atoms with van der Waals surface area (Å²) in [5, 5.41) is 23.3. The number of hydrogen-bond donors (Lipinski definition) is 2. The van der Waals surface area contributed by atoms with E-state index in [2.05, 4.69) is 27.8 Å². The molecule has 0 saturated heterocycles. The summed E-state index contributed by atoms with van der Waals surface area (Å²) in [6.45, 7) is 4.79. The van der Waals surface area contributed by atoms with E-state index in [1.54, 1.807) is 0 Å². The van der Waals surface area contributed by atoms with E-state index in [-0.39, 0.29) is 23.5 Å². The number of aliphatic hydroxyl groups excluding tert-OH is 1. The molecular formula is C13H15BrN2O5. The topological polar surface area (TPSA) is 102 Å². The molecule has 8 heteroatoms. The van der Waals surface area contributed by atoms with Gasteiger partial charge >= 0.3 is 5.69 Å². The lowest BCUT2D eigenvalue weighted by Crippen LogP contribution is -2.29. The number of nitrogens with zero attached hydrogens (tertiary/aromatic N) is 1. The number of hydrogen-bond acceptors (Lipinski definition) is 5. The summed E-state index contributed by atoms with van der Waals surface area (Å²) in [7, 11) is 0. The molecule has 0 fully saturated rings. The molecule has 2 N–H and O–H groups in total. The molecule has 0 aliphatic heterocycles. The maximum atomic E-state index is 11.5. The Hall–Kier alpha value is -1.93. The molecule has 1 atom stereocenters. The third kappa shape index (κ3) is 4.83. The standard InChI is InChI=1S/C13H15BrN2O5/c1-3-4-15-12(18)7-21-13-10(8(2)17)5-9(14)6-11(13)16(19)20/h3,5-6,8,17H,1,4,7H2,2H3,(H,15,18). The second-order valence-corrected chi connectivity index (χ2v) is 5.07. The Labute approximate surface area is 129 Å². The van der Waals surface area contributed by atoms with Gasteiger partial charge in [0.1, 0.15) is 0 Å². The maximum Gasteiger partial charge on any atom is 0.312 e. The Morgan fingerprint density at radius 1 is 1.67 bits per heavy atom. The van der Waals surface area contributed by atoms with Crippen LogP contribution in [0.4, 0.5) is 5.69 Å². The molecule has 0 heterocycles. The van der Waals surface area contributed by atoms with Crippen LogP contribution in [-0.2, 0) is 4.79 Å². The van der Waals surface area contributed by atoms with Gasteiger partial charge in [-0.1, -0.05) is 22.0 Å². The minimum Gasteiger partial charge on any atom is -0.476 e. The van der Waals surface area contributed by atoms with Crippen LogP contribution in [0.15, 0.2) is 29.3 Å². The highest BCUT2D eigenvalue weighted by Crippen LogP contribution is 2.37. The first kappa shape index (κ1) is 17.1. The zero-order chi connectivity index (χ0) is 16.0. The summed E-state index contributed by atoms with van der Waals surface area (Å²) in [4.78, 5) is 21.9. The molecule has 0 radical (unpaired) electrons. The van der Waals surface area contributed by atoms with Crippen molar-refractivity contribution >= 4 is 27.5 Å². The highest BCUT2D eigenvalue weighted by atomic mass is 79.9. The zero-order valence-electron chi connectivity index (χ0n) is 11.3. The number of nitro groups is 1. The van der Waals surface area contributed by atoms with Crippen LogP contribution in [-0.4, -0.2) is 29.1 Å². The van der Waals surface area contributed by atoms with Gasteiger partial charge in [0.15, 0.2) is 6.61 Å². The summed E-state index contributed by atoms with van der Waals surface area (Å²) in [5.41, 5.74) is -0.0932. The van der Waals surface area contributed by atoms with Gasteiger partial charge in [0.2, 0.25) is 5.75 Å². The zero-order valence-corrected chi connectivity index (χ0v) is 12.9. The Kier molecular flexibility index (Phi) is 6.32. The van der Waals surface area contributed by atoms with Crippen molar-refractivity contribution in [3.8, 4) is 5.75 Å². The number of ether oxygens (including phenoxy) is 1. The number of nitrogens with one attached hydrogen (secondary N) is 1. The van der Waals surface area contributed by atoms with Gasteiger partial charge in [0, 0.05) is 22.6 Å². The molecule has 1 aromatic rings. The number of aliphatic hydroxyl groups is 1. The van der Waals surface area contributed by atoms with Gasteiger partial charge < -0.3 is 15.2 Å². The molecule has 1 amide bonds. The van der Waals surface area contributed by atoms with E-state index in [4.69, 9.17) is 4.74 Å². The van der Waals surface area contributed by atoms with Crippen molar-refractivity contribution in [3.05, 3.63) is 44.9 Å². The minimum absolute atomic E-state index is 0.119. The van der Waals surface area contributed by atoms with Gasteiger partial charge in [-0.2, -0.15) is 0 Å². The molecule has 0 aromatic heterocycles. The smallest absolute Gasteiger partial charge is 0.312 e. The van der Waals surface area contributed by atoms with Crippen LogP contribution in [0.2, 0.25) is 0 Å². The molecule has 1 unspecified atom stereocenters. The molecule has 0 spiro atoms. The van der Waals surface area contributed by atoms with Gasteiger partial charge in [-0.15, -0.1) is 6.58 Å². The number of halogens is 1. The van der Waals surface area contributed by atoms with Crippen LogP contribution in [0.5, 0.6) is 5.75 Å². The lowest BCUT2D eigenvalue weighted by molar-refractivity contribution is -0.386. The minimum atomic E-state index is -0.979. The third-order valence-electron chi connectivity index (χ3n) is 2.50. The van der Waals surface area contributed by atoms with E-state index in [1.165, 1.54) is 25.1 Å². The van der Waals surface area contributed by atoms with Gasteiger partial charge in [0.25, 0.3) is 5.91 Å². The van der Waals surface area contributed by atoms with Crippen molar-refractivity contribution in [3.63, 3.8) is 0 Å². The van der Waals surface area contributed by atoms with Crippen LogP contribution >= 0.6 is 15.9 Å². The van der Waals surface area contributed by atoms with Gasteiger partial charge in [-0.25, -0.2) is 0 Å². The Morgan fingerprint density at radius 2 is 2.33 bits per heavy atom. The molecule has 0 aliphatic carbocycles. The molecule has 0 bridgehead atoms. The van der Waals surface area contributed by atoms with E-state index < -0.39 is 23.5 Å². The number of nitro benzene ring substituents is 1. The average Bonchev–Trinajstić information content (AvgIpc) is 2.42. The molecule has 7 nitrogen and oxygen atoms in total. The monoisotopic (exact) mass is 358 g/mol. The first-order valence-corrected chi connectivity index (χ1v) is 6.82. The summed E-state index contributed by atoms with van der Waals surface area (Å²) in [6, 6.07) is 2.76. The predicted octanol–water partition coefficient (Wildman–Crippen LogP) is 2.09. The predicted molar refractivity (Wildman–Crippen MR) is 80.1 cm³/mol. The Balaban J connectivity index is 3.05. The van der Waals surface area contributed by atoms with E-state index in [1.807, 2.05) is 0 Å². The molecule has 0 aliphatic rings. The number of carbonyl (C=O) groups excluding carboxylic acids is 1. The summed E-state index contributed by atoms with van der Waals surface area (Å²) < 4.78 is 5.67. The van der Waals surface area contributed by atoms with Crippen LogP contribution in [0.25, 0.3) is 0 Å². The second-order valence-electron chi connectivity index (χ2n) is 4.16. The van der Waals surface area contributed by atoms with Crippen molar-refractivity contribution in [2.45, 2.75) is 13.0 Å². The second kappa shape index (κ2) is 7.75. The van der Waals surface area contributed by atoms with Crippen LogP contribution in [0.1, 0.15) is 18.6 Å². The normalized spacial score (nSPS) is 11.6. The maximum absolute atomic E-state index is 11.5. The molecule has 21 heavy (non-hydrogen) atoms. The number of rotatable bonds is 7. The summed E-state index contributed by atoms with van der Waals surface area (Å²) in [5.74, 6) is -0.560. The fourth-order valence-electron chi connectivity index (χ4n) is 1.58. The molecule has 1 aromatic carbocycles. The van der Waals surface area contributed by atoms with Gasteiger partial charge in [-0.05, 0) is 13.0 Å².